The van der Waals surface area contributed by atoms with E-state index < -0.39 is 12.7 Å². The minimum Gasteiger partial charge on any atom is -0.376 e. The predicted molar refractivity (Wildman–Crippen MR) is 55.4 cm³/mol. The molecular weight excluding hydrogens is 223 g/mol. The molecule has 0 rings (SSSR count). The maximum absolute atomic E-state index is 11.8. The van der Waals surface area contributed by atoms with Crippen molar-refractivity contribution in [2.45, 2.75) is 39.2 Å². The van der Waals surface area contributed by atoms with E-state index in [-0.39, 0.29) is 18.8 Å². The molecule has 0 saturated carbocycles. The van der Waals surface area contributed by atoms with Gasteiger partial charge in [0.25, 0.3) is 0 Å². The summed E-state index contributed by atoms with van der Waals surface area (Å²) in [6.07, 6.45) is -4.28. The summed E-state index contributed by atoms with van der Waals surface area (Å²) in [7, 11) is 0. The topological polar surface area (TPSA) is 30.5 Å². The van der Waals surface area contributed by atoms with Crippen molar-refractivity contribution in [1.29, 1.82) is 0 Å². The van der Waals surface area contributed by atoms with Crippen LogP contribution >= 0.6 is 0 Å². The average molecular weight is 243 g/mol. The van der Waals surface area contributed by atoms with Crippen LogP contribution in [0, 0.1) is 0 Å². The summed E-state index contributed by atoms with van der Waals surface area (Å²) in [5.74, 6) is 0. The Morgan fingerprint density at radius 2 is 1.62 bits per heavy atom. The first kappa shape index (κ1) is 15.7. The fourth-order valence-corrected chi connectivity index (χ4v) is 1.01. The van der Waals surface area contributed by atoms with Gasteiger partial charge in [-0.3, -0.25) is 0 Å². The van der Waals surface area contributed by atoms with Crippen molar-refractivity contribution in [1.82, 2.24) is 5.32 Å². The zero-order chi connectivity index (χ0) is 12.6. The zero-order valence-corrected chi connectivity index (χ0v) is 9.93. The fraction of sp³-hybridized carbons (Fsp3) is 1.00. The van der Waals surface area contributed by atoms with Crippen molar-refractivity contribution in [3.8, 4) is 0 Å². The average Bonchev–Trinajstić information content (AvgIpc) is 2.10. The zero-order valence-electron chi connectivity index (χ0n) is 9.93. The molecule has 1 N–H and O–H groups in total. The summed E-state index contributed by atoms with van der Waals surface area (Å²) in [6.45, 7) is 5.60. The molecule has 16 heavy (non-hydrogen) atoms. The minimum atomic E-state index is -4.17. The van der Waals surface area contributed by atoms with Gasteiger partial charge in [0.2, 0.25) is 0 Å². The van der Waals surface area contributed by atoms with Gasteiger partial charge in [0.15, 0.2) is 0 Å². The Morgan fingerprint density at radius 1 is 1.06 bits per heavy atom. The van der Waals surface area contributed by atoms with Crippen LogP contribution in [-0.2, 0) is 9.47 Å². The molecule has 0 heterocycles. The van der Waals surface area contributed by atoms with Crippen LogP contribution in [0.4, 0.5) is 13.2 Å². The van der Waals surface area contributed by atoms with E-state index in [0.717, 1.165) is 0 Å². The van der Waals surface area contributed by atoms with E-state index in [2.05, 4.69) is 5.32 Å². The molecule has 0 aromatic carbocycles. The van der Waals surface area contributed by atoms with Crippen molar-refractivity contribution in [2.24, 2.45) is 0 Å². The quantitative estimate of drug-likeness (QED) is 0.661. The molecule has 3 nitrogen and oxygen atoms in total. The predicted octanol–water partition coefficient (Wildman–Crippen LogP) is 1.97. The standard InChI is InChI=1S/C10H20F3NO2/c1-8(2)15-4-5-16-9(3)6-14-7-10(11,12)13/h8-9,14H,4-7H2,1-3H3. The summed E-state index contributed by atoms with van der Waals surface area (Å²) in [5, 5.41) is 2.28. The normalized spacial score (nSPS) is 14.4. The van der Waals surface area contributed by atoms with E-state index in [1.165, 1.54) is 0 Å². The number of hydrogen-bond acceptors (Lipinski definition) is 3. The van der Waals surface area contributed by atoms with E-state index in [0.29, 0.717) is 13.2 Å². The molecular formula is C10H20F3NO2. The molecule has 0 amide bonds. The van der Waals surface area contributed by atoms with Crippen LogP contribution in [0.1, 0.15) is 20.8 Å². The third kappa shape index (κ3) is 11.7. The van der Waals surface area contributed by atoms with Gasteiger partial charge in [0, 0.05) is 6.54 Å². The van der Waals surface area contributed by atoms with E-state index in [9.17, 15) is 13.2 Å². The highest BCUT2D eigenvalue weighted by molar-refractivity contribution is 4.59. The summed E-state index contributed by atoms with van der Waals surface area (Å²) in [4.78, 5) is 0. The highest BCUT2D eigenvalue weighted by Gasteiger charge is 2.26. The van der Waals surface area contributed by atoms with Crippen LogP contribution in [0.2, 0.25) is 0 Å². The molecule has 0 aliphatic rings. The van der Waals surface area contributed by atoms with Gasteiger partial charge in [-0.1, -0.05) is 0 Å². The monoisotopic (exact) mass is 243 g/mol. The largest absolute Gasteiger partial charge is 0.401 e. The van der Waals surface area contributed by atoms with Gasteiger partial charge in [-0.2, -0.15) is 13.2 Å². The molecule has 0 aliphatic carbocycles. The van der Waals surface area contributed by atoms with Gasteiger partial charge in [0.05, 0.1) is 32.0 Å². The van der Waals surface area contributed by atoms with Crippen LogP contribution in [-0.4, -0.2) is 44.7 Å². The first-order valence-corrected chi connectivity index (χ1v) is 5.32. The third-order valence-corrected chi connectivity index (χ3v) is 1.69. The lowest BCUT2D eigenvalue weighted by Crippen LogP contribution is -2.35. The van der Waals surface area contributed by atoms with Crippen molar-refractivity contribution in [3.05, 3.63) is 0 Å². The fourth-order valence-electron chi connectivity index (χ4n) is 1.01. The summed E-state index contributed by atoms with van der Waals surface area (Å²) >= 11 is 0. The van der Waals surface area contributed by atoms with Crippen molar-refractivity contribution >= 4 is 0 Å². The molecule has 6 heteroatoms. The van der Waals surface area contributed by atoms with Crippen molar-refractivity contribution in [3.63, 3.8) is 0 Å². The number of alkyl halides is 3. The van der Waals surface area contributed by atoms with E-state index in [1.807, 2.05) is 13.8 Å². The van der Waals surface area contributed by atoms with Gasteiger partial charge in [-0.15, -0.1) is 0 Å². The first-order chi connectivity index (χ1) is 7.31. The second kappa shape index (κ2) is 7.86. The van der Waals surface area contributed by atoms with Crippen molar-refractivity contribution < 1.29 is 22.6 Å². The molecule has 0 aliphatic heterocycles. The Labute approximate surface area is 94.3 Å². The van der Waals surface area contributed by atoms with Crippen LogP contribution < -0.4 is 5.32 Å². The molecule has 0 radical (unpaired) electrons. The van der Waals surface area contributed by atoms with Gasteiger partial charge in [-0.05, 0) is 20.8 Å². The molecule has 98 valence electrons. The van der Waals surface area contributed by atoms with E-state index in [4.69, 9.17) is 9.47 Å². The van der Waals surface area contributed by atoms with E-state index in [1.54, 1.807) is 6.92 Å². The van der Waals surface area contributed by atoms with Crippen molar-refractivity contribution in [2.75, 3.05) is 26.3 Å². The Kier molecular flexibility index (Phi) is 7.70. The highest BCUT2D eigenvalue weighted by Crippen LogP contribution is 2.12. The number of nitrogens with one attached hydrogen (secondary N) is 1. The molecule has 0 aromatic heterocycles. The summed E-state index contributed by atoms with van der Waals surface area (Å²) < 4.78 is 45.8. The van der Waals surface area contributed by atoms with E-state index >= 15 is 0 Å². The maximum atomic E-state index is 11.8. The maximum Gasteiger partial charge on any atom is 0.401 e. The SMILES string of the molecule is CC(C)OCCOC(C)CNCC(F)(F)F. The molecule has 1 atom stereocenters. The number of halogens is 3. The molecule has 0 fully saturated rings. The van der Waals surface area contributed by atoms with Gasteiger partial charge in [0.1, 0.15) is 0 Å². The minimum absolute atomic E-state index is 0.141. The number of hydrogen-bond donors (Lipinski definition) is 1. The second-order valence-electron chi connectivity index (χ2n) is 3.85. The molecule has 0 spiro atoms. The lowest BCUT2D eigenvalue weighted by atomic mass is 10.4. The van der Waals surface area contributed by atoms with Gasteiger partial charge >= 0.3 is 6.18 Å². The first-order valence-electron chi connectivity index (χ1n) is 5.32. The number of rotatable bonds is 8. The Hall–Kier alpha value is -0.330. The van der Waals surface area contributed by atoms with Gasteiger partial charge in [-0.25, -0.2) is 0 Å². The molecule has 0 aromatic rings. The Bertz CT molecular complexity index is 174. The molecule has 0 saturated heterocycles. The Morgan fingerprint density at radius 3 is 2.12 bits per heavy atom. The lowest BCUT2D eigenvalue weighted by Gasteiger charge is -2.15. The third-order valence-electron chi connectivity index (χ3n) is 1.69. The number of ether oxygens (including phenoxy) is 2. The van der Waals surface area contributed by atoms with Crippen LogP contribution in [0.5, 0.6) is 0 Å². The van der Waals surface area contributed by atoms with Crippen LogP contribution in [0.15, 0.2) is 0 Å². The smallest absolute Gasteiger partial charge is 0.376 e. The highest BCUT2D eigenvalue weighted by atomic mass is 19.4. The lowest BCUT2D eigenvalue weighted by molar-refractivity contribution is -0.126. The molecule has 0 bridgehead atoms. The van der Waals surface area contributed by atoms with Gasteiger partial charge < -0.3 is 14.8 Å². The second-order valence-corrected chi connectivity index (χ2v) is 3.85. The summed E-state index contributed by atoms with van der Waals surface area (Å²) in [6, 6.07) is 0. The van der Waals surface area contributed by atoms with Crippen LogP contribution in [0.25, 0.3) is 0 Å². The Balaban J connectivity index is 3.35. The van der Waals surface area contributed by atoms with Crippen LogP contribution in [0.3, 0.4) is 0 Å². The molecule has 1 unspecified atom stereocenters. The summed E-state index contributed by atoms with van der Waals surface area (Å²) in [5.41, 5.74) is 0.